The molecule has 0 saturated heterocycles. The molecule has 0 bridgehead atoms. The Morgan fingerprint density at radius 3 is 2.57 bits per heavy atom. The van der Waals surface area contributed by atoms with Gasteiger partial charge >= 0.3 is 0 Å². The van der Waals surface area contributed by atoms with E-state index in [9.17, 15) is 9.18 Å². The SMILES string of the molecule is COCC(=O)N[C@@H](C)[C@@H]1c2cc(OC)c(OC)cc2CCN1Cc1ccccc1F. The van der Waals surface area contributed by atoms with Crippen molar-refractivity contribution in [1.29, 1.82) is 0 Å². The number of hydrogen-bond acceptors (Lipinski definition) is 5. The Morgan fingerprint density at radius 2 is 1.90 bits per heavy atom. The highest BCUT2D eigenvalue weighted by Crippen LogP contribution is 2.40. The maximum atomic E-state index is 14.3. The highest BCUT2D eigenvalue weighted by atomic mass is 19.1. The van der Waals surface area contributed by atoms with Crippen LogP contribution >= 0.6 is 0 Å². The van der Waals surface area contributed by atoms with E-state index in [1.54, 1.807) is 26.4 Å². The third-order valence-electron chi connectivity index (χ3n) is 5.49. The molecule has 0 fully saturated rings. The Bertz CT molecular complexity index is 890. The summed E-state index contributed by atoms with van der Waals surface area (Å²) in [7, 11) is 4.70. The van der Waals surface area contributed by atoms with Crippen molar-refractivity contribution in [1.82, 2.24) is 10.2 Å². The van der Waals surface area contributed by atoms with E-state index < -0.39 is 0 Å². The first-order chi connectivity index (χ1) is 14.5. The van der Waals surface area contributed by atoms with E-state index in [1.165, 1.54) is 13.2 Å². The zero-order valence-corrected chi connectivity index (χ0v) is 17.9. The number of hydrogen-bond donors (Lipinski definition) is 1. The van der Waals surface area contributed by atoms with Crippen molar-refractivity contribution < 1.29 is 23.4 Å². The number of carbonyl (C=O) groups excluding carboxylic acids is 1. The molecule has 0 aromatic heterocycles. The van der Waals surface area contributed by atoms with Gasteiger partial charge in [-0.05, 0) is 42.7 Å². The topological polar surface area (TPSA) is 60.0 Å². The van der Waals surface area contributed by atoms with Crippen LogP contribution in [0.15, 0.2) is 36.4 Å². The number of nitrogens with zero attached hydrogens (tertiary/aromatic N) is 1. The molecule has 0 aliphatic carbocycles. The molecular formula is C23H29FN2O4. The molecular weight excluding hydrogens is 387 g/mol. The fraction of sp³-hybridized carbons (Fsp3) is 0.435. The van der Waals surface area contributed by atoms with Gasteiger partial charge in [0.25, 0.3) is 0 Å². The van der Waals surface area contributed by atoms with Crippen LogP contribution in [0, 0.1) is 5.82 Å². The zero-order valence-electron chi connectivity index (χ0n) is 17.9. The first kappa shape index (κ1) is 22.1. The molecule has 1 aliphatic rings. The van der Waals surface area contributed by atoms with E-state index in [0.29, 0.717) is 23.6 Å². The number of rotatable bonds is 8. The van der Waals surface area contributed by atoms with E-state index in [1.807, 2.05) is 25.1 Å². The molecule has 0 saturated carbocycles. The van der Waals surface area contributed by atoms with Crippen molar-refractivity contribution in [3.63, 3.8) is 0 Å². The molecule has 1 aliphatic heterocycles. The number of amides is 1. The molecule has 0 radical (unpaired) electrons. The fourth-order valence-corrected chi connectivity index (χ4v) is 4.14. The van der Waals surface area contributed by atoms with Gasteiger partial charge in [0.1, 0.15) is 12.4 Å². The minimum Gasteiger partial charge on any atom is -0.493 e. The summed E-state index contributed by atoms with van der Waals surface area (Å²) in [6, 6.07) is 10.4. The summed E-state index contributed by atoms with van der Waals surface area (Å²) in [4.78, 5) is 14.4. The van der Waals surface area contributed by atoms with Crippen LogP contribution in [0.2, 0.25) is 0 Å². The minimum absolute atomic E-state index is 0.0107. The van der Waals surface area contributed by atoms with E-state index in [2.05, 4.69) is 10.2 Å². The molecule has 2 aromatic rings. The quantitative estimate of drug-likeness (QED) is 0.717. The predicted molar refractivity (Wildman–Crippen MR) is 112 cm³/mol. The number of halogens is 1. The molecule has 1 heterocycles. The van der Waals surface area contributed by atoms with Crippen LogP contribution in [-0.2, 0) is 22.5 Å². The molecule has 30 heavy (non-hydrogen) atoms. The second kappa shape index (κ2) is 9.91. The number of fused-ring (bicyclic) bond motifs is 1. The number of methoxy groups -OCH3 is 3. The van der Waals surface area contributed by atoms with E-state index in [0.717, 1.165) is 24.1 Å². The maximum absolute atomic E-state index is 14.3. The summed E-state index contributed by atoms with van der Waals surface area (Å²) in [6.07, 6.45) is 0.791. The summed E-state index contributed by atoms with van der Waals surface area (Å²) in [6.45, 7) is 3.11. The van der Waals surface area contributed by atoms with Crippen LogP contribution in [0.4, 0.5) is 4.39 Å². The van der Waals surface area contributed by atoms with E-state index in [4.69, 9.17) is 14.2 Å². The average molecular weight is 416 g/mol. The Balaban J connectivity index is 1.99. The summed E-state index contributed by atoms with van der Waals surface area (Å²) >= 11 is 0. The Hall–Kier alpha value is -2.64. The van der Waals surface area contributed by atoms with Gasteiger partial charge in [0, 0.05) is 31.8 Å². The second-order valence-corrected chi connectivity index (χ2v) is 7.45. The molecule has 3 rings (SSSR count). The predicted octanol–water partition coefficient (Wildman–Crippen LogP) is 3.09. The van der Waals surface area contributed by atoms with Gasteiger partial charge in [0.15, 0.2) is 11.5 Å². The van der Waals surface area contributed by atoms with Gasteiger partial charge in [-0.2, -0.15) is 0 Å². The van der Waals surface area contributed by atoms with Crippen LogP contribution in [0.25, 0.3) is 0 Å². The lowest BCUT2D eigenvalue weighted by Gasteiger charge is -2.41. The standard InChI is InChI=1S/C23H29FN2O4/c1-15(25-22(27)14-28-2)23-18-12-21(30-4)20(29-3)11-16(18)9-10-26(23)13-17-7-5-6-8-19(17)24/h5-8,11-12,15,23H,9-10,13-14H2,1-4H3,(H,25,27)/t15-,23+/m0/s1. The maximum Gasteiger partial charge on any atom is 0.246 e. The third kappa shape index (κ3) is 4.74. The molecule has 1 amide bonds. The molecule has 2 aromatic carbocycles. The van der Waals surface area contributed by atoms with Gasteiger partial charge in [-0.25, -0.2) is 4.39 Å². The largest absolute Gasteiger partial charge is 0.493 e. The summed E-state index contributed by atoms with van der Waals surface area (Å²) in [5.74, 6) is 0.881. The Kier molecular flexibility index (Phi) is 7.29. The first-order valence-corrected chi connectivity index (χ1v) is 9.99. The third-order valence-corrected chi connectivity index (χ3v) is 5.49. The smallest absolute Gasteiger partial charge is 0.246 e. The molecule has 0 spiro atoms. The van der Waals surface area contributed by atoms with Crippen LogP contribution in [0.1, 0.15) is 29.7 Å². The van der Waals surface area contributed by atoms with E-state index in [-0.39, 0.29) is 30.4 Å². The van der Waals surface area contributed by atoms with E-state index >= 15 is 0 Å². The highest BCUT2D eigenvalue weighted by molar-refractivity contribution is 5.77. The van der Waals surface area contributed by atoms with Gasteiger partial charge in [-0.3, -0.25) is 9.69 Å². The molecule has 2 atom stereocenters. The lowest BCUT2D eigenvalue weighted by Crippen LogP contribution is -2.48. The van der Waals surface area contributed by atoms with Crippen molar-refractivity contribution >= 4 is 5.91 Å². The van der Waals surface area contributed by atoms with Crippen LogP contribution < -0.4 is 14.8 Å². The van der Waals surface area contributed by atoms with Crippen LogP contribution in [-0.4, -0.2) is 51.3 Å². The van der Waals surface area contributed by atoms with Crippen molar-refractivity contribution in [2.45, 2.75) is 32.0 Å². The number of ether oxygens (including phenoxy) is 3. The number of benzene rings is 2. The van der Waals surface area contributed by atoms with Gasteiger partial charge in [-0.1, -0.05) is 18.2 Å². The highest BCUT2D eigenvalue weighted by Gasteiger charge is 2.34. The van der Waals surface area contributed by atoms with Gasteiger partial charge in [-0.15, -0.1) is 0 Å². The van der Waals surface area contributed by atoms with Crippen molar-refractivity contribution in [3.05, 3.63) is 58.9 Å². The van der Waals surface area contributed by atoms with Gasteiger partial charge in [0.2, 0.25) is 5.91 Å². The van der Waals surface area contributed by atoms with Crippen LogP contribution in [0.3, 0.4) is 0 Å². The summed E-state index contributed by atoms with van der Waals surface area (Å²) in [5, 5.41) is 3.02. The Labute approximate surface area is 176 Å². The zero-order chi connectivity index (χ0) is 21.7. The van der Waals surface area contributed by atoms with Crippen molar-refractivity contribution in [3.8, 4) is 11.5 Å². The normalized spacial score (nSPS) is 17.2. The first-order valence-electron chi connectivity index (χ1n) is 9.99. The van der Waals surface area contributed by atoms with Crippen molar-refractivity contribution in [2.75, 3.05) is 34.5 Å². The molecule has 7 heteroatoms. The van der Waals surface area contributed by atoms with Gasteiger partial charge in [0.05, 0.1) is 20.3 Å². The monoisotopic (exact) mass is 416 g/mol. The fourth-order valence-electron chi connectivity index (χ4n) is 4.14. The number of carbonyl (C=O) groups is 1. The Morgan fingerprint density at radius 1 is 1.20 bits per heavy atom. The second-order valence-electron chi connectivity index (χ2n) is 7.45. The summed E-state index contributed by atoms with van der Waals surface area (Å²) < 4.78 is 30.3. The molecule has 1 N–H and O–H groups in total. The lowest BCUT2D eigenvalue weighted by molar-refractivity contribution is -0.125. The minimum atomic E-state index is -0.231. The lowest BCUT2D eigenvalue weighted by atomic mass is 9.87. The van der Waals surface area contributed by atoms with Crippen LogP contribution in [0.5, 0.6) is 11.5 Å². The van der Waals surface area contributed by atoms with Crippen molar-refractivity contribution in [2.24, 2.45) is 0 Å². The summed E-state index contributed by atoms with van der Waals surface area (Å²) in [5.41, 5.74) is 2.80. The number of nitrogens with one attached hydrogen (secondary N) is 1. The van der Waals surface area contributed by atoms with Gasteiger partial charge < -0.3 is 19.5 Å². The molecule has 162 valence electrons. The average Bonchev–Trinajstić information content (AvgIpc) is 2.74. The molecule has 6 nitrogen and oxygen atoms in total. The molecule has 0 unspecified atom stereocenters.